The van der Waals surface area contributed by atoms with Crippen LogP contribution in [0.15, 0.2) is 30.3 Å². The van der Waals surface area contributed by atoms with Crippen LogP contribution < -0.4 is 5.32 Å². The lowest BCUT2D eigenvalue weighted by Gasteiger charge is -2.23. The van der Waals surface area contributed by atoms with E-state index >= 15 is 0 Å². The SMILES string of the molecule is CC(C)CNC(CN(C)C)c1ccccc1. The van der Waals surface area contributed by atoms with E-state index in [4.69, 9.17) is 0 Å². The van der Waals surface area contributed by atoms with E-state index in [1.54, 1.807) is 0 Å². The van der Waals surface area contributed by atoms with Crippen molar-refractivity contribution >= 4 is 0 Å². The van der Waals surface area contributed by atoms with Gasteiger partial charge in [0, 0.05) is 12.6 Å². The standard InChI is InChI=1S/C14H24N2/c1-12(2)10-15-14(11-16(3)4)13-8-6-5-7-9-13/h5-9,12,14-15H,10-11H2,1-4H3. The third-order valence-electron chi connectivity index (χ3n) is 2.52. The summed E-state index contributed by atoms with van der Waals surface area (Å²) in [5.41, 5.74) is 1.37. The van der Waals surface area contributed by atoms with Crippen LogP contribution in [-0.2, 0) is 0 Å². The highest BCUT2D eigenvalue weighted by Crippen LogP contribution is 2.13. The molecule has 0 aliphatic heterocycles. The van der Waals surface area contributed by atoms with Gasteiger partial charge in [-0.2, -0.15) is 0 Å². The van der Waals surface area contributed by atoms with Crippen molar-refractivity contribution in [3.05, 3.63) is 35.9 Å². The molecule has 1 aromatic carbocycles. The molecule has 0 aromatic heterocycles. The molecule has 0 spiro atoms. The van der Waals surface area contributed by atoms with Crippen molar-refractivity contribution in [2.24, 2.45) is 5.92 Å². The fourth-order valence-corrected chi connectivity index (χ4v) is 1.72. The van der Waals surface area contributed by atoms with Gasteiger partial charge >= 0.3 is 0 Å². The van der Waals surface area contributed by atoms with E-state index in [9.17, 15) is 0 Å². The number of rotatable bonds is 6. The molecule has 0 heterocycles. The fourth-order valence-electron chi connectivity index (χ4n) is 1.72. The molecular weight excluding hydrogens is 196 g/mol. The summed E-state index contributed by atoms with van der Waals surface area (Å²) < 4.78 is 0. The van der Waals surface area contributed by atoms with Crippen molar-refractivity contribution < 1.29 is 0 Å². The van der Waals surface area contributed by atoms with E-state index in [2.05, 4.69) is 68.5 Å². The molecule has 1 atom stereocenters. The molecule has 90 valence electrons. The zero-order chi connectivity index (χ0) is 12.0. The van der Waals surface area contributed by atoms with Gasteiger partial charge in [-0.25, -0.2) is 0 Å². The number of nitrogens with one attached hydrogen (secondary N) is 1. The summed E-state index contributed by atoms with van der Waals surface area (Å²) in [5.74, 6) is 0.688. The molecule has 2 nitrogen and oxygen atoms in total. The largest absolute Gasteiger partial charge is 0.309 e. The van der Waals surface area contributed by atoms with Crippen LogP contribution in [-0.4, -0.2) is 32.1 Å². The van der Waals surface area contributed by atoms with E-state index in [-0.39, 0.29) is 0 Å². The zero-order valence-electron chi connectivity index (χ0n) is 10.9. The number of likely N-dealkylation sites (N-methyl/N-ethyl adjacent to an activating group) is 1. The first kappa shape index (κ1) is 13.2. The summed E-state index contributed by atoms with van der Waals surface area (Å²) in [6, 6.07) is 11.1. The Labute approximate surface area is 99.7 Å². The first-order valence-electron chi connectivity index (χ1n) is 6.02. The molecule has 1 aromatic rings. The first-order chi connectivity index (χ1) is 7.59. The van der Waals surface area contributed by atoms with Crippen LogP contribution in [0.1, 0.15) is 25.5 Å². The van der Waals surface area contributed by atoms with E-state index < -0.39 is 0 Å². The van der Waals surface area contributed by atoms with Gasteiger partial charge in [0.25, 0.3) is 0 Å². The molecule has 0 saturated carbocycles. The van der Waals surface area contributed by atoms with Gasteiger partial charge < -0.3 is 10.2 Å². The maximum absolute atomic E-state index is 3.63. The molecule has 1 unspecified atom stereocenters. The Bertz CT molecular complexity index is 280. The van der Waals surface area contributed by atoms with Gasteiger partial charge in [0.1, 0.15) is 0 Å². The van der Waals surface area contributed by atoms with Gasteiger partial charge in [0.15, 0.2) is 0 Å². The summed E-state index contributed by atoms with van der Waals surface area (Å²) in [6.07, 6.45) is 0. The first-order valence-corrected chi connectivity index (χ1v) is 6.02. The van der Waals surface area contributed by atoms with E-state index in [0.717, 1.165) is 13.1 Å². The number of nitrogens with zero attached hydrogens (tertiary/aromatic N) is 1. The number of benzene rings is 1. The van der Waals surface area contributed by atoms with Crippen molar-refractivity contribution in [2.45, 2.75) is 19.9 Å². The Hall–Kier alpha value is -0.860. The third-order valence-corrected chi connectivity index (χ3v) is 2.52. The summed E-state index contributed by atoms with van der Waals surface area (Å²) in [6.45, 7) is 6.58. The average Bonchev–Trinajstić information content (AvgIpc) is 2.25. The normalized spacial score (nSPS) is 13.4. The average molecular weight is 220 g/mol. The molecule has 0 fully saturated rings. The maximum Gasteiger partial charge on any atom is 0.0449 e. The Kier molecular flexibility index (Phi) is 5.50. The Balaban J connectivity index is 2.64. The predicted octanol–water partition coefficient (Wildman–Crippen LogP) is 2.53. The van der Waals surface area contributed by atoms with Gasteiger partial charge in [-0.1, -0.05) is 44.2 Å². The highest BCUT2D eigenvalue weighted by atomic mass is 15.1. The molecule has 0 bridgehead atoms. The number of hydrogen-bond donors (Lipinski definition) is 1. The van der Waals surface area contributed by atoms with Gasteiger partial charge in [-0.05, 0) is 32.1 Å². The minimum absolute atomic E-state index is 0.429. The maximum atomic E-state index is 3.63. The van der Waals surface area contributed by atoms with Crippen molar-refractivity contribution in [1.82, 2.24) is 10.2 Å². The van der Waals surface area contributed by atoms with Crippen LogP contribution in [0.3, 0.4) is 0 Å². The van der Waals surface area contributed by atoms with Crippen molar-refractivity contribution in [3.8, 4) is 0 Å². The van der Waals surface area contributed by atoms with Crippen LogP contribution in [0.4, 0.5) is 0 Å². The van der Waals surface area contributed by atoms with E-state index in [0.29, 0.717) is 12.0 Å². The molecule has 16 heavy (non-hydrogen) atoms. The molecule has 0 aliphatic rings. The van der Waals surface area contributed by atoms with Gasteiger partial charge in [0.05, 0.1) is 0 Å². The Morgan fingerprint density at radius 3 is 2.25 bits per heavy atom. The zero-order valence-corrected chi connectivity index (χ0v) is 10.9. The van der Waals surface area contributed by atoms with Gasteiger partial charge in [-0.3, -0.25) is 0 Å². The lowest BCUT2D eigenvalue weighted by Crippen LogP contribution is -2.33. The highest BCUT2D eigenvalue weighted by molar-refractivity contribution is 5.19. The molecule has 0 saturated heterocycles. The topological polar surface area (TPSA) is 15.3 Å². The van der Waals surface area contributed by atoms with Gasteiger partial charge in [-0.15, -0.1) is 0 Å². The van der Waals surface area contributed by atoms with Crippen LogP contribution >= 0.6 is 0 Å². The monoisotopic (exact) mass is 220 g/mol. The number of hydrogen-bond acceptors (Lipinski definition) is 2. The van der Waals surface area contributed by atoms with Crippen LogP contribution in [0.2, 0.25) is 0 Å². The van der Waals surface area contributed by atoms with Crippen molar-refractivity contribution in [2.75, 3.05) is 27.2 Å². The second-order valence-corrected chi connectivity index (χ2v) is 5.03. The minimum atomic E-state index is 0.429. The Morgan fingerprint density at radius 1 is 1.12 bits per heavy atom. The molecule has 0 aliphatic carbocycles. The molecule has 1 N–H and O–H groups in total. The van der Waals surface area contributed by atoms with E-state index in [1.165, 1.54) is 5.56 Å². The van der Waals surface area contributed by atoms with Gasteiger partial charge in [0.2, 0.25) is 0 Å². The molecule has 1 rings (SSSR count). The van der Waals surface area contributed by atoms with Crippen LogP contribution in [0, 0.1) is 5.92 Å². The fraction of sp³-hybridized carbons (Fsp3) is 0.571. The smallest absolute Gasteiger partial charge is 0.0449 e. The molecule has 2 heteroatoms. The minimum Gasteiger partial charge on any atom is -0.309 e. The third kappa shape index (κ3) is 4.77. The lowest BCUT2D eigenvalue weighted by molar-refractivity contribution is 0.333. The quantitative estimate of drug-likeness (QED) is 0.792. The Morgan fingerprint density at radius 2 is 1.75 bits per heavy atom. The summed E-state index contributed by atoms with van der Waals surface area (Å²) in [7, 11) is 4.24. The summed E-state index contributed by atoms with van der Waals surface area (Å²) in [5, 5.41) is 3.63. The predicted molar refractivity (Wildman–Crippen MR) is 70.6 cm³/mol. The summed E-state index contributed by atoms with van der Waals surface area (Å²) >= 11 is 0. The van der Waals surface area contributed by atoms with Crippen molar-refractivity contribution in [3.63, 3.8) is 0 Å². The second-order valence-electron chi connectivity index (χ2n) is 5.03. The second kappa shape index (κ2) is 6.66. The van der Waals surface area contributed by atoms with Crippen molar-refractivity contribution in [1.29, 1.82) is 0 Å². The van der Waals surface area contributed by atoms with Crippen LogP contribution in [0.25, 0.3) is 0 Å². The summed E-state index contributed by atoms with van der Waals surface area (Å²) in [4.78, 5) is 2.23. The van der Waals surface area contributed by atoms with Crippen LogP contribution in [0.5, 0.6) is 0 Å². The molecule has 0 amide bonds. The molecule has 0 radical (unpaired) electrons. The molecular formula is C14H24N2. The lowest BCUT2D eigenvalue weighted by atomic mass is 10.1. The highest BCUT2D eigenvalue weighted by Gasteiger charge is 2.11. The van der Waals surface area contributed by atoms with E-state index in [1.807, 2.05) is 0 Å².